The van der Waals surface area contributed by atoms with E-state index >= 15 is 0 Å². The number of hydrogen-bond donors (Lipinski definition) is 0. The summed E-state index contributed by atoms with van der Waals surface area (Å²) >= 11 is 0. The predicted molar refractivity (Wildman–Crippen MR) is 72.5 cm³/mol. The van der Waals surface area contributed by atoms with Crippen LogP contribution in [-0.2, 0) is 0 Å². The van der Waals surface area contributed by atoms with Gasteiger partial charge in [0, 0.05) is 19.2 Å². The van der Waals surface area contributed by atoms with Crippen LogP contribution in [0.25, 0.3) is 11.5 Å². The van der Waals surface area contributed by atoms with E-state index in [4.69, 9.17) is 4.52 Å². The first kappa shape index (κ1) is 12.6. The van der Waals surface area contributed by atoms with Crippen molar-refractivity contribution >= 4 is 5.95 Å². The average molecular weight is 245 g/mol. The smallest absolute Gasteiger partial charge is 0.266 e. The molecule has 0 radical (unpaired) electrons. The van der Waals surface area contributed by atoms with E-state index in [1.807, 2.05) is 42.3 Å². The van der Waals surface area contributed by atoms with E-state index in [1.165, 1.54) is 0 Å². The summed E-state index contributed by atoms with van der Waals surface area (Å²) in [7, 11) is 1.99. The van der Waals surface area contributed by atoms with Crippen LogP contribution < -0.4 is 4.90 Å². The van der Waals surface area contributed by atoms with Gasteiger partial charge in [-0.25, -0.2) is 0 Å². The SMILES string of the molecule is CC(C)CCN(C)c1noc(-c2ccccc2)n1. The molecule has 1 aromatic heterocycles. The highest BCUT2D eigenvalue weighted by Crippen LogP contribution is 2.19. The molecule has 1 aromatic carbocycles. The van der Waals surface area contributed by atoms with Crippen LogP contribution >= 0.6 is 0 Å². The van der Waals surface area contributed by atoms with Gasteiger partial charge >= 0.3 is 0 Å². The normalized spacial score (nSPS) is 10.9. The van der Waals surface area contributed by atoms with Gasteiger partial charge in [-0.05, 0) is 29.6 Å². The fourth-order valence-electron chi connectivity index (χ4n) is 1.62. The van der Waals surface area contributed by atoms with E-state index in [9.17, 15) is 0 Å². The molecule has 0 aliphatic rings. The van der Waals surface area contributed by atoms with Gasteiger partial charge in [0.15, 0.2) is 0 Å². The highest BCUT2D eigenvalue weighted by molar-refractivity contribution is 5.53. The first-order valence-corrected chi connectivity index (χ1v) is 6.27. The summed E-state index contributed by atoms with van der Waals surface area (Å²) in [6.07, 6.45) is 1.12. The molecule has 0 atom stereocenters. The van der Waals surface area contributed by atoms with Gasteiger partial charge < -0.3 is 9.42 Å². The minimum Gasteiger partial charge on any atom is -0.341 e. The molecule has 0 N–H and O–H groups in total. The molecule has 0 aliphatic carbocycles. The van der Waals surface area contributed by atoms with Gasteiger partial charge in [-0.3, -0.25) is 0 Å². The van der Waals surface area contributed by atoms with E-state index in [1.54, 1.807) is 0 Å². The fourth-order valence-corrected chi connectivity index (χ4v) is 1.62. The Kier molecular flexibility index (Phi) is 3.97. The lowest BCUT2D eigenvalue weighted by Crippen LogP contribution is -2.20. The summed E-state index contributed by atoms with van der Waals surface area (Å²) in [6.45, 7) is 5.35. The van der Waals surface area contributed by atoms with Gasteiger partial charge in [-0.15, -0.1) is 0 Å². The van der Waals surface area contributed by atoms with E-state index in [0.717, 1.165) is 18.5 Å². The van der Waals surface area contributed by atoms with Crippen molar-refractivity contribution in [1.29, 1.82) is 0 Å². The molecule has 2 rings (SSSR count). The molecule has 96 valence electrons. The number of aromatic nitrogens is 2. The maximum Gasteiger partial charge on any atom is 0.266 e. The molecule has 18 heavy (non-hydrogen) atoms. The molecule has 4 nitrogen and oxygen atoms in total. The third-order valence-corrected chi connectivity index (χ3v) is 2.82. The molecule has 0 spiro atoms. The third kappa shape index (κ3) is 3.09. The van der Waals surface area contributed by atoms with Gasteiger partial charge in [0.1, 0.15) is 0 Å². The average Bonchev–Trinajstić information content (AvgIpc) is 2.86. The van der Waals surface area contributed by atoms with E-state index < -0.39 is 0 Å². The van der Waals surface area contributed by atoms with Crippen molar-refractivity contribution in [2.45, 2.75) is 20.3 Å². The maximum absolute atomic E-state index is 5.28. The Bertz CT molecular complexity index is 479. The number of anilines is 1. The molecule has 0 unspecified atom stereocenters. The van der Waals surface area contributed by atoms with Crippen molar-refractivity contribution in [3.8, 4) is 11.5 Å². The van der Waals surface area contributed by atoms with Crippen LogP contribution in [0, 0.1) is 5.92 Å². The largest absolute Gasteiger partial charge is 0.341 e. The van der Waals surface area contributed by atoms with Gasteiger partial charge in [-0.1, -0.05) is 32.0 Å². The second-order valence-electron chi connectivity index (χ2n) is 4.87. The van der Waals surface area contributed by atoms with Gasteiger partial charge in [0.05, 0.1) is 0 Å². The van der Waals surface area contributed by atoms with Crippen molar-refractivity contribution in [3.63, 3.8) is 0 Å². The van der Waals surface area contributed by atoms with Crippen LogP contribution in [-0.4, -0.2) is 23.7 Å². The summed E-state index contributed by atoms with van der Waals surface area (Å²) in [6, 6.07) is 9.82. The highest BCUT2D eigenvalue weighted by Gasteiger charge is 2.12. The molecule has 2 aromatic rings. The zero-order valence-corrected chi connectivity index (χ0v) is 11.1. The molecular weight excluding hydrogens is 226 g/mol. The second-order valence-corrected chi connectivity index (χ2v) is 4.87. The van der Waals surface area contributed by atoms with Crippen molar-refractivity contribution in [2.24, 2.45) is 5.92 Å². The van der Waals surface area contributed by atoms with Gasteiger partial charge in [-0.2, -0.15) is 4.98 Å². The molecule has 0 bridgehead atoms. The monoisotopic (exact) mass is 245 g/mol. The van der Waals surface area contributed by atoms with Crippen molar-refractivity contribution in [2.75, 3.05) is 18.5 Å². The Morgan fingerprint density at radius 2 is 1.94 bits per heavy atom. The molecule has 1 heterocycles. The van der Waals surface area contributed by atoms with E-state index in [2.05, 4.69) is 24.0 Å². The van der Waals surface area contributed by atoms with Crippen LogP contribution in [0.3, 0.4) is 0 Å². The zero-order valence-electron chi connectivity index (χ0n) is 11.1. The van der Waals surface area contributed by atoms with Crippen LogP contribution in [0.4, 0.5) is 5.95 Å². The van der Waals surface area contributed by atoms with Crippen molar-refractivity contribution in [1.82, 2.24) is 10.1 Å². The lowest BCUT2D eigenvalue weighted by Gasteiger charge is -2.14. The van der Waals surface area contributed by atoms with E-state index in [0.29, 0.717) is 17.8 Å². The summed E-state index contributed by atoms with van der Waals surface area (Å²) in [5.41, 5.74) is 0.952. The Morgan fingerprint density at radius 3 is 2.61 bits per heavy atom. The van der Waals surface area contributed by atoms with Crippen molar-refractivity contribution in [3.05, 3.63) is 30.3 Å². The van der Waals surface area contributed by atoms with Crippen LogP contribution in [0.5, 0.6) is 0 Å². The van der Waals surface area contributed by atoms with Gasteiger partial charge in [0.2, 0.25) is 0 Å². The third-order valence-electron chi connectivity index (χ3n) is 2.82. The minimum atomic E-state index is 0.571. The molecule has 4 heteroatoms. The maximum atomic E-state index is 5.28. The molecule has 0 aliphatic heterocycles. The number of benzene rings is 1. The summed E-state index contributed by atoms with van der Waals surface area (Å²) < 4.78 is 5.28. The van der Waals surface area contributed by atoms with E-state index in [-0.39, 0.29) is 0 Å². The zero-order chi connectivity index (χ0) is 13.0. The molecule has 0 saturated carbocycles. The van der Waals surface area contributed by atoms with Gasteiger partial charge in [0.25, 0.3) is 11.8 Å². The first-order valence-electron chi connectivity index (χ1n) is 6.27. The minimum absolute atomic E-state index is 0.571. The molecule has 0 fully saturated rings. The summed E-state index contributed by atoms with van der Waals surface area (Å²) in [4.78, 5) is 6.43. The second kappa shape index (κ2) is 5.67. The Hall–Kier alpha value is -1.84. The molecule has 0 amide bonds. The topological polar surface area (TPSA) is 42.2 Å². The van der Waals surface area contributed by atoms with Crippen LogP contribution in [0.2, 0.25) is 0 Å². The molecule has 0 saturated heterocycles. The predicted octanol–water partition coefficient (Wildman–Crippen LogP) is 3.22. The Balaban J connectivity index is 2.06. The van der Waals surface area contributed by atoms with Crippen LogP contribution in [0.15, 0.2) is 34.9 Å². The first-order chi connectivity index (χ1) is 8.66. The summed E-state index contributed by atoms with van der Waals surface area (Å²) in [5, 5.41) is 4.01. The Morgan fingerprint density at radius 1 is 1.22 bits per heavy atom. The number of nitrogens with zero attached hydrogens (tertiary/aromatic N) is 3. The van der Waals surface area contributed by atoms with Crippen molar-refractivity contribution < 1.29 is 4.52 Å². The highest BCUT2D eigenvalue weighted by atomic mass is 16.5. The lowest BCUT2D eigenvalue weighted by atomic mass is 10.1. The number of hydrogen-bond acceptors (Lipinski definition) is 4. The molecular formula is C14H19N3O. The lowest BCUT2D eigenvalue weighted by molar-refractivity contribution is 0.429. The fraction of sp³-hybridized carbons (Fsp3) is 0.429. The quantitative estimate of drug-likeness (QED) is 0.811. The standard InChI is InChI=1S/C14H19N3O/c1-11(2)9-10-17(3)14-15-13(18-16-14)12-7-5-4-6-8-12/h4-8,11H,9-10H2,1-3H3. The number of rotatable bonds is 5. The summed E-state index contributed by atoms with van der Waals surface area (Å²) in [5.74, 6) is 1.89. The van der Waals surface area contributed by atoms with Crippen LogP contribution in [0.1, 0.15) is 20.3 Å². The Labute approximate surface area is 108 Å².